The van der Waals surface area contributed by atoms with Crippen LogP contribution in [-0.4, -0.2) is 29.0 Å². The van der Waals surface area contributed by atoms with E-state index in [0.717, 1.165) is 77.8 Å². The highest BCUT2D eigenvalue weighted by Gasteiger charge is 2.22. The minimum absolute atomic E-state index is 0.170. The zero-order chi connectivity index (χ0) is 33.9. The van der Waals surface area contributed by atoms with Gasteiger partial charge in [-0.25, -0.2) is 15.0 Å². The molecule has 6 aromatic carbocycles. The van der Waals surface area contributed by atoms with E-state index in [9.17, 15) is 5.11 Å². The van der Waals surface area contributed by atoms with Crippen LogP contribution in [0.3, 0.4) is 0 Å². The summed E-state index contributed by atoms with van der Waals surface area (Å²) < 4.78 is 4.31. The first-order chi connectivity index (χ1) is 25.2. The van der Waals surface area contributed by atoms with Gasteiger partial charge in [0.15, 0.2) is 0 Å². The van der Waals surface area contributed by atoms with Crippen LogP contribution in [0.5, 0.6) is 5.75 Å². The van der Waals surface area contributed by atoms with Crippen LogP contribution in [0.4, 0.5) is 0 Å². The molecule has 0 radical (unpaired) electrons. The lowest BCUT2D eigenvalue weighted by molar-refractivity contribution is 0.477. The van der Waals surface area contributed by atoms with Crippen LogP contribution in [0.25, 0.3) is 89.2 Å². The maximum Gasteiger partial charge on any atom is 0.149 e. The average Bonchev–Trinajstić information content (AvgIpc) is 3.77. The van der Waals surface area contributed by atoms with Gasteiger partial charge in [-0.2, -0.15) is 0 Å². The summed E-state index contributed by atoms with van der Waals surface area (Å²) in [4.78, 5) is 15.6. The van der Waals surface area contributed by atoms with E-state index in [1.165, 1.54) is 0 Å². The number of aromatic nitrogens is 5. The SMILES string of the molecule is Oc1ccccc1-c1nc2c(-c3cccc(-c4cccc5c4ccn4c6ccccc6nc54)n3)cccc2n1-c1ccccc1-c1ccccc1. The topological polar surface area (TPSA) is 68.2 Å². The number of fused-ring (bicyclic) bond motifs is 6. The normalized spacial score (nSPS) is 11.6. The van der Waals surface area contributed by atoms with Gasteiger partial charge < -0.3 is 5.11 Å². The van der Waals surface area contributed by atoms with E-state index in [0.29, 0.717) is 11.4 Å². The van der Waals surface area contributed by atoms with E-state index >= 15 is 0 Å². The Morgan fingerprint density at radius 1 is 0.451 bits per heavy atom. The van der Waals surface area contributed by atoms with Crippen molar-refractivity contribution in [3.63, 3.8) is 0 Å². The minimum atomic E-state index is 0.170. The highest BCUT2D eigenvalue weighted by atomic mass is 16.3. The van der Waals surface area contributed by atoms with Gasteiger partial charge in [-0.1, -0.05) is 109 Å². The number of imidazole rings is 2. The third-order valence-corrected chi connectivity index (χ3v) is 9.69. The lowest BCUT2D eigenvalue weighted by Crippen LogP contribution is -2.00. The summed E-state index contributed by atoms with van der Waals surface area (Å²) in [6, 6.07) is 55.2. The first kappa shape index (κ1) is 28.9. The molecule has 240 valence electrons. The Balaban J connectivity index is 1.18. The fraction of sp³-hybridized carbons (Fsp3) is 0. The molecule has 0 fully saturated rings. The fourth-order valence-corrected chi connectivity index (χ4v) is 7.36. The summed E-state index contributed by atoms with van der Waals surface area (Å²) in [6.07, 6.45) is 2.10. The van der Waals surface area contributed by atoms with Crippen LogP contribution in [0.15, 0.2) is 170 Å². The number of benzene rings is 6. The molecule has 6 heteroatoms. The number of aromatic hydroxyl groups is 1. The molecule has 4 aromatic heterocycles. The molecule has 0 saturated heterocycles. The molecule has 0 atom stereocenters. The van der Waals surface area contributed by atoms with Crippen LogP contribution >= 0.6 is 0 Å². The molecule has 51 heavy (non-hydrogen) atoms. The number of phenols is 1. The summed E-state index contributed by atoms with van der Waals surface area (Å²) in [6.45, 7) is 0. The molecule has 0 bridgehead atoms. The molecule has 10 aromatic rings. The van der Waals surface area contributed by atoms with E-state index < -0.39 is 0 Å². The standard InChI is InChI=1S/C45H29N5O/c51-42-26-9-5-16-35(42)45-48-43-34(19-11-25-41(43)50(45)39-23-7-4-15-30(39)29-13-2-1-3-14-29)37-22-12-21-36(46-37)32-17-10-18-33-31(32)27-28-49-40-24-8-6-20-38(40)47-44(33)49/h1-28,51H. The van der Waals surface area contributed by atoms with E-state index in [1.807, 2.05) is 48.5 Å². The summed E-state index contributed by atoms with van der Waals surface area (Å²) in [7, 11) is 0. The zero-order valence-corrected chi connectivity index (χ0v) is 27.3. The molecule has 6 nitrogen and oxygen atoms in total. The fourth-order valence-electron chi connectivity index (χ4n) is 7.36. The second-order valence-electron chi connectivity index (χ2n) is 12.6. The van der Waals surface area contributed by atoms with E-state index in [4.69, 9.17) is 15.0 Å². The Labute approximate surface area is 293 Å². The number of hydrogen-bond acceptors (Lipinski definition) is 4. The van der Waals surface area contributed by atoms with Crippen LogP contribution < -0.4 is 0 Å². The van der Waals surface area contributed by atoms with Crippen molar-refractivity contribution >= 4 is 38.5 Å². The molecule has 0 aliphatic carbocycles. The molecular weight excluding hydrogens is 627 g/mol. The Kier molecular flexibility index (Phi) is 6.54. The number of rotatable bonds is 5. The Morgan fingerprint density at radius 2 is 1.12 bits per heavy atom. The van der Waals surface area contributed by atoms with Crippen molar-refractivity contribution in [3.05, 3.63) is 170 Å². The molecule has 0 spiro atoms. The summed E-state index contributed by atoms with van der Waals surface area (Å²) >= 11 is 0. The zero-order valence-electron chi connectivity index (χ0n) is 27.3. The van der Waals surface area contributed by atoms with E-state index in [1.54, 1.807) is 6.07 Å². The van der Waals surface area contributed by atoms with Gasteiger partial charge in [0, 0.05) is 28.3 Å². The molecule has 10 rings (SSSR count). The van der Waals surface area contributed by atoms with Crippen LogP contribution in [0, 0.1) is 0 Å². The van der Waals surface area contributed by atoms with Crippen LogP contribution in [0.1, 0.15) is 0 Å². The molecule has 4 heterocycles. The Bertz CT molecular complexity index is 2940. The lowest BCUT2D eigenvalue weighted by atomic mass is 10.0. The lowest BCUT2D eigenvalue weighted by Gasteiger charge is -2.15. The van der Waals surface area contributed by atoms with Crippen molar-refractivity contribution in [1.29, 1.82) is 0 Å². The van der Waals surface area contributed by atoms with Gasteiger partial charge in [-0.05, 0) is 65.5 Å². The molecule has 0 aliphatic rings. The number of para-hydroxylation sites is 5. The number of nitrogens with zero attached hydrogens (tertiary/aromatic N) is 5. The maximum atomic E-state index is 11.1. The Morgan fingerprint density at radius 3 is 2.00 bits per heavy atom. The number of phenolic OH excluding ortho intramolecular Hbond substituents is 1. The molecular formula is C45H29N5O. The second kappa shape index (κ2) is 11.5. The quantitative estimate of drug-likeness (QED) is 0.200. The van der Waals surface area contributed by atoms with Crippen molar-refractivity contribution in [2.45, 2.75) is 0 Å². The first-order valence-electron chi connectivity index (χ1n) is 16.9. The maximum absolute atomic E-state index is 11.1. The highest BCUT2D eigenvalue weighted by molar-refractivity contribution is 6.05. The van der Waals surface area contributed by atoms with Crippen molar-refractivity contribution in [1.82, 2.24) is 23.9 Å². The van der Waals surface area contributed by atoms with Gasteiger partial charge in [0.25, 0.3) is 0 Å². The molecule has 0 unspecified atom stereocenters. The minimum Gasteiger partial charge on any atom is -0.507 e. The van der Waals surface area contributed by atoms with Crippen molar-refractivity contribution in [2.75, 3.05) is 0 Å². The van der Waals surface area contributed by atoms with Gasteiger partial charge in [0.2, 0.25) is 0 Å². The Hall–Kier alpha value is -7.05. The van der Waals surface area contributed by atoms with Crippen molar-refractivity contribution in [2.24, 2.45) is 0 Å². The monoisotopic (exact) mass is 655 g/mol. The predicted octanol–water partition coefficient (Wildman–Crippen LogP) is 10.7. The van der Waals surface area contributed by atoms with Gasteiger partial charge >= 0.3 is 0 Å². The number of pyridine rings is 2. The molecule has 1 N–H and O–H groups in total. The van der Waals surface area contributed by atoms with Crippen molar-refractivity contribution < 1.29 is 5.11 Å². The molecule has 0 saturated carbocycles. The molecule has 0 amide bonds. The van der Waals surface area contributed by atoms with E-state index in [-0.39, 0.29) is 5.75 Å². The van der Waals surface area contributed by atoms with Gasteiger partial charge in [0.1, 0.15) is 17.2 Å². The predicted molar refractivity (Wildman–Crippen MR) is 206 cm³/mol. The van der Waals surface area contributed by atoms with Gasteiger partial charge in [0.05, 0.1) is 44.7 Å². The third-order valence-electron chi connectivity index (χ3n) is 9.69. The van der Waals surface area contributed by atoms with Crippen LogP contribution in [-0.2, 0) is 0 Å². The van der Waals surface area contributed by atoms with Gasteiger partial charge in [-0.3, -0.25) is 8.97 Å². The summed E-state index contributed by atoms with van der Waals surface area (Å²) in [5, 5.41) is 13.3. The molecule has 0 aliphatic heterocycles. The van der Waals surface area contributed by atoms with Crippen LogP contribution in [0.2, 0.25) is 0 Å². The third kappa shape index (κ3) is 4.61. The first-order valence-corrected chi connectivity index (χ1v) is 16.9. The van der Waals surface area contributed by atoms with E-state index in [2.05, 4.69) is 124 Å². The van der Waals surface area contributed by atoms with Crippen molar-refractivity contribution in [3.8, 4) is 56.5 Å². The largest absolute Gasteiger partial charge is 0.507 e. The average molecular weight is 656 g/mol. The van der Waals surface area contributed by atoms with Gasteiger partial charge in [-0.15, -0.1) is 0 Å². The summed E-state index contributed by atoms with van der Waals surface area (Å²) in [5.41, 5.74) is 12.1. The number of hydrogen-bond donors (Lipinski definition) is 1. The smallest absolute Gasteiger partial charge is 0.149 e. The second-order valence-corrected chi connectivity index (χ2v) is 12.6. The summed E-state index contributed by atoms with van der Waals surface area (Å²) in [5.74, 6) is 0.823. The highest BCUT2D eigenvalue weighted by Crippen LogP contribution is 2.40.